The second-order valence-corrected chi connectivity index (χ2v) is 9.35. The normalized spacial score (nSPS) is 26.9. The highest BCUT2D eigenvalue weighted by atomic mass is 19.4. The molecule has 1 atom stereocenters. The number of aromatic nitrogens is 1. The maximum atomic E-state index is 13.6. The summed E-state index contributed by atoms with van der Waals surface area (Å²) in [6.07, 6.45) is -6.09. The monoisotopic (exact) mass is 508 g/mol. The molecule has 35 heavy (non-hydrogen) atoms. The standard InChI is InChI=1S/C22H27F7N6/c1-35-17(15-3-2-4-16(32-15)22(27,28)29)33-18(30-13-5-9-20(23,24)10-6-13)34-19(35)31-14-7-11-21(25,26)12-8-14/h2-4,13-14,17H,5-12H2,1H3,(H2,30,31,33,34). The molecule has 2 saturated carbocycles. The number of nitrogens with one attached hydrogen (secondary N) is 2. The summed E-state index contributed by atoms with van der Waals surface area (Å²) >= 11 is 0. The lowest BCUT2D eigenvalue weighted by molar-refractivity contribution is -0.141. The number of rotatable bonds is 3. The third-order valence-corrected chi connectivity index (χ3v) is 6.56. The summed E-state index contributed by atoms with van der Waals surface area (Å²) in [7, 11) is 1.57. The van der Waals surface area contributed by atoms with Crippen molar-refractivity contribution < 1.29 is 30.7 Å². The largest absolute Gasteiger partial charge is 0.433 e. The zero-order chi connectivity index (χ0) is 25.4. The molecule has 0 radical (unpaired) electrons. The number of nitrogens with zero attached hydrogens (tertiary/aromatic N) is 4. The first kappa shape index (κ1) is 25.5. The molecule has 0 aromatic carbocycles. The van der Waals surface area contributed by atoms with Gasteiger partial charge in [-0.1, -0.05) is 6.07 Å². The average molecular weight is 508 g/mol. The van der Waals surface area contributed by atoms with Gasteiger partial charge in [-0.25, -0.2) is 32.5 Å². The fourth-order valence-electron chi connectivity index (χ4n) is 4.47. The molecule has 2 N–H and O–H groups in total. The van der Waals surface area contributed by atoms with Gasteiger partial charge in [-0.15, -0.1) is 0 Å². The molecule has 2 fully saturated rings. The number of halogens is 7. The molecule has 0 saturated heterocycles. The van der Waals surface area contributed by atoms with Crippen LogP contribution in [0, 0.1) is 0 Å². The number of aliphatic imine (C=N–C) groups is 2. The first-order valence-electron chi connectivity index (χ1n) is 11.5. The third kappa shape index (κ3) is 6.35. The Morgan fingerprint density at radius 1 is 1.00 bits per heavy atom. The van der Waals surface area contributed by atoms with Crippen molar-refractivity contribution in [3.8, 4) is 0 Å². The van der Waals surface area contributed by atoms with Gasteiger partial charge in [0.25, 0.3) is 0 Å². The van der Waals surface area contributed by atoms with Crippen LogP contribution in [0.15, 0.2) is 28.2 Å². The Bertz CT molecular complexity index is 957. The quantitative estimate of drug-likeness (QED) is 0.559. The summed E-state index contributed by atoms with van der Waals surface area (Å²) in [5, 5.41) is 6.04. The Hall–Kier alpha value is -2.60. The van der Waals surface area contributed by atoms with E-state index < -0.39 is 35.9 Å². The predicted molar refractivity (Wildman–Crippen MR) is 115 cm³/mol. The zero-order valence-electron chi connectivity index (χ0n) is 19.1. The van der Waals surface area contributed by atoms with E-state index in [1.54, 1.807) is 7.05 Å². The molecule has 194 valence electrons. The topological polar surface area (TPSA) is 64.9 Å². The summed E-state index contributed by atoms with van der Waals surface area (Å²) < 4.78 is 94.0. The van der Waals surface area contributed by atoms with Gasteiger partial charge in [0.15, 0.2) is 6.17 Å². The van der Waals surface area contributed by atoms with Crippen LogP contribution in [0.1, 0.15) is 68.9 Å². The van der Waals surface area contributed by atoms with Crippen molar-refractivity contribution in [2.75, 3.05) is 7.05 Å². The SMILES string of the molecule is CN1C(=NC2CCC(F)(F)CC2)NC(NC2CCC(F)(F)CC2)=NC1c1cccc(C(F)(F)F)n1. The molecule has 0 amide bonds. The van der Waals surface area contributed by atoms with Crippen LogP contribution in [0.2, 0.25) is 0 Å². The van der Waals surface area contributed by atoms with E-state index in [2.05, 4.69) is 25.6 Å². The smallest absolute Gasteiger partial charge is 0.353 e. The Morgan fingerprint density at radius 3 is 2.20 bits per heavy atom. The van der Waals surface area contributed by atoms with E-state index in [0.717, 1.165) is 6.07 Å². The van der Waals surface area contributed by atoms with Gasteiger partial charge in [-0.3, -0.25) is 5.32 Å². The first-order valence-corrected chi connectivity index (χ1v) is 11.5. The molecule has 0 bridgehead atoms. The van der Waals surface area contributed by atoms with E-state index >= 15 is 0 Å². The van der Waals surface area contributed by atoms with Gasteiger partial charge in [0.1, 0.15) is 5.69 Å². The lowest BCUT2D eigenvalue weighted by atomic mass is 9.92. The van der Waals surface area contributed by atoms with Crippen LogP contribution in [0.25, 0.3) is 0 Å². The van der Waals surface area contributed by atoms with E-state index in [9.17, 15) is 30.7 Å². The van der Waals surface area contributed by atoms with Crippen LogP contribution in [0.4, 0.5) is 30.7 Å². The van der Waals surface area contributed by atoms with E-state index in [1.165, 1.54) is 17.0 Å². The van der Waals surface area contributed by atoms with Crippen molar-refractivity contribution in [3.63, 3.8) is 0 Å². The molecule has 2 aliphatic carbocycles. The third-order valence-electron chi connectivity index (χ3n) is 6.56. The highest BCUT2D eigenvalue weighted by Crippen LogP contribution is 2.36. The maximum absolute atomic E-state index is 13.6. The van der Waals surface area contributed by atoms with Gasteiger partial charge in [0, 0.05) is 38.8 Å². The summed E-state index contributed by atoms with van der Waals surface area (Å²) in [4.78, 5) is 14.2. The van der Waals surface area contributed by atoms with Crippen LogP contribution in [-0.2, 0) is 6.18 Å². The van der Waals surface area contributed by atoms with Gasteiger partial charge in [0.2, 0.25) is 23.8 Å². The van der Waals surface area contributed by atoms with E-state index in [0.29, 0.717) is 0 Å². The van der Waals surface area contributed by atoms with Crippen LogP contribution >= 0.6 is 0 Å². The maximum Gasteiger partial charge on any atom is 0.433 e. The van der Waals surface area contributed by atoms with Crippen LogP contribution in [-0.4, -0.2) is 52.8 Å². The molecule has 6 nitrogen and oxygen atoms in total. The van der Waals surface area contributed by atoms with Crippen molar-refractivity contribution in [2.24, 2.45) is 9.98 Å². The number of pyridine rings is 1. The molecule has 13 heteroatoms. The molecule has 1 aromatic rings. The minimum absolute atomic E-state index is 0.0150. The predicted octanol–water partition coefficient (Wildman–Crippen LogP) is 5.09. The van der Waals surface area contributed by atoms with Crippen molar-refractivity contribution in [1.29, 1.82) is 0 Å². The minimum atomic E-state index is -4.65. The minimum Gasteiger partial charge on any atom is -0.353 e. The van der Waals surface area contributed by atoms with Crippen LogP contribution in [0.5, 0.6) is 0 Å². The lowest BCUT2D eigenvalue weighted by Crippen LogP contribution is -2.56. The number of alkyl halides is 7. The van der Waals surface area contributed by atoms with Crippen LogP contribution < -0.4 is 10.6 Å². The number of guanidine groups is 2. The molecule has 3 aliphatic rings. The second-order valence-electron chi connectivity index (χ2n) is 9.35. The summed E-state index contributed by atoms with van der Waals surface area (Å²) in [6, 6.07) is 2.78. The van der Waals surface area contributed by atoms with E-state index in [-0.39, 0.29) is 75.0 Å². The van der Waals surface area contributed by atoms with Gasteiger partial charge >= 0.3 is 6.18 Å². The Morgan fingerprint density at radius 2 is 1.60 bits per heavy atom. The average Bonchev–Trinajstić information content (AvgIpc) is 2.78. The molecule has 4 rings (SSSR count). The van der Waals surface area contributed by atoms with Gasteiger partial charge in [-0.05, 0) is 37.8 Å². The van der Waals surface area contributed by atoms with E-state index in [1.807, 2.05) is 0 Å². The highest BCUT2D eigenvalue weighted by molar-refractivity contribution is 6.00. The Kier molecular flexibility index (Phi) is 6.89. The van der Waals surface area contributed by atoms with Crippen molar-refractivity contribution in [1.82, 2.24) is 20.5 Å². The molecule has 1 aromatic heterocycles. The fraction of sp³-hybridized carbons (Fsp3) is 0.682. The van der Waals surface area contributed by atoms with Crippen molar-refractivity contribution >= 4 is 11.9 Å². The fourth-order valence-corrected chi connectivity index (χ4v) is 4.47. The van der Waals surface area contributed by atoms with Gasteiger partial charge in [-0.2, -0.15) is 13.2 Å². The highest BCUT2D eigenvalue weighted by Gasteiger charge is 2.38. The summed E-state index contributed by atoms with van der Waals surface area (Å²) in [5.41, 5.74) is -1.06. The van der Waals surface area contributed by atoms with Crippen molar-refractivity contribution in [2.45, 2.75) is 87.6 Å². The van der Waals surface area contributed by atoms with E-state index in [4.69, 9.17) is 0 Å². The Balaban J connectivity index is 1.60. The molecule has 0 spiro atoms. The molecular weight excluding hydrogens is 481 g/mol. The van der Waals surface area contributed by atoms with Gasteiger partial charge < -0.3 is 10.2 Å². The molecule has 2 heterocycles. The van der Waals surface area contributed by atoms with Crippen LogP contribution in [0.3, 0.4) is 0 Å². The second kappa shape index (κ2) is 9.45. The molecule has 1 unspecified atom stereocenters. The summed E-state index contributed by atoms with van der Waals surface area (Å²) in [6.45, 7) is 0. The first-order chi connectivity index (χ1) is 16.3. The summed E-state index contributed by atoms with van der Waals surface area (Å²) in [5.74, 6) is -5.05. The van der Waals surface area contributed by atoms with Gasteiger partial charge in [0.05, 0.1) is 11.7 Å². The zero-order valence-corrected chi connectivity index (χ0v) is 19.1. The van der Waals surface area contributed by atoms with Crippen molar-refractivity contribution in [3.05, 3.63) is 29.6 Å². The Labute approximate surface area is 198 Å². The number of hydrogen-bond donors (Lipinski definition) is 2. The molecular formula is C22H27F7N6. The molecule has 1 aliphatic heterocycles. The number of hydrogen-bond acceptors (Lipinski definition) is 4. The lowest BCUT2D eigenvalue weighted by Gasteiger charge is -2.37.